The van der Waals surface area contributed by atoms with Gasteiger partial charge in [0.1, 0.15) is 11.5 Å². The number of hydrogen-bond donors (Lipinski definition) is 0. The Morgan fingerprint density at radius 1 is 0.429 bits per heavy atom. The Bertz CT molecular complexity index is 2640. The maximum atomic E-state index is 17.9. The van der Waals surface area contributed by atoms with Crippen LogP contribution in [0, 0.1) is 11.8 Å². The average Bonchev–Trinajstić information content (AvgIpc) is 3.43. The van der Waals surface area contributed by atoms with Crippen LogP contribution in [0.1, 0.15) is 157 Å². The molecule has 0 bridgehead atoms. The molecule has 8 rings (SSSR count). The molecule has 0 amide bonds. The molecule has 2 aliphatic rings. The Kier molecular flexibility index (Phi) is 18.3. The average molecular weight is 1080 g/mol. The smallest absolute Gasteiger partial charge is 0.414 e. The Balaban J connectivity index is 1.32. The molecule has 2 aliphatic carbocycles. The number of rotatable bonds is 20. The van der Waals surface area contributed by atoms with Crippen molar-refractivity contribution in [2.75, 3.05) is 14.2 Å². The highest BCUT2D eigenvalue weighted by Gasteiger charge is 2.46. The van der Waals surface area contributed by atoms with Gasteiger partial charge in [-0.3, -0.25) is 0 Å². The molecule has 2 saturated carbocycles. The van der Waals surface area contributed by atoms with E-state index >= 15 is 17.6 Å². The summed E-state index contributed by atoms with van der Waals surface area (Å²) in [6.45, 7) is 4.36. The molecule has 2 fully saturated rings. The summed E-state index contributed by atoms with van der Waals surface area (Å²) in [5.74, 6) is -7.46. The molecule has 0 radical (unpaired) electrons. The van der Waals surface area contributed by atoms with Crippen LogP contribution in [0.3, 0.4) is 0 Å². The monoisotopic (exact) mass is 1070 g/mol. The number of alkyl halides is 10. The van der Waals surface area contributed by atoms with E-state index in [0.29, 0.717) is 23.0 Å². The Morgan fingerprint density at radius 3 is 1.06 bits per heavy atom. The van der Waals surface area contributed by atoms with Crippen molar-refractivity contribution in [2.24, 2.45) is 11.8 Å². The quantitative estimate of drug-likeness (QED) is 0.0713. The van der Waals surface area contributed by atoms with Gasteiger partial charge in [0.25, 0.3) is 0 Å². The fourth-order valence-electron chi connectivity index (χ4n) is 11.8. The van der Waals surface area contributed by atoms with Crippen molar-refractivity contribution in [1.82, 2.24) is 0 Å². The molecule has 0 spiro atoms. The SMILES string of the molecule is CCC1CCC(c2ccc(Cc3c(CC(OC)C(F)(F)F)ccc(Oc4ccc(CC(OC)C(F)(F)F)c(Cc5ccc(C6CCC(CC)CC6)cc5)c4C(F)(F)c4ccccc4)c3C(F)(F)c3ccccc3)cc2)CC1. The Hall–Kier alpha value is -5.66. The van der Waals surface area contributed by atoms with Gasteiger partial charge in [-0.2, -0.15) is 43.9 Å². The Morgan fingerprint density at radius 2 is 0.766 bits per heavy atom. The van der Waals surface area contributed by atoms with Gasteiger partial charge in [0.05, 0.1) is 11.1 Å². The number of halogens is 10. The van der Waals surface area contributed by atoms with Gasteiger partial charge in [0.2, 0.25) is 0 Å². The largest absolute Gasteiger partial charge is 0.456 e. The Labute approximate surface area is 446 Å². The molecule has 0 saturated heterocycles. The molecule has 0 heterocycles. The normalized spacial score (nSPS) is 19.5. The lowest BCUT2D eigenvalue weighted by molar-refractivity contribution is -0.212. The molecule has 77 heavy (non-hydrogen) atoms. The van der Waals surface area contributed by atoms with Crippen molar-refractivity contribution >= 4 is 0 Å². The van der Waals surface area contributed by atoms with Crippen LogP contribution in [0.25, 0.3) is 0 Å². The predicted molar refractivity (Wildman–Crippen MR) is 281 cm³/mol. The summed E-state index contributed by atoms with van der Waals surface area (Å²) >= 11 is 0. The van der Waals surface area contributed by atoms with Crippen molar-refractivity contribution in [3.63, 3.8) is 0 Å². The molecular weight excluding hydrogens is 1010 g/mol. The van der Waals surface area contributed by atoms with Gasteiger partial charge >= 0.3 is 24.2 Å². The maximum Gasteiger partial charge on any atom is 0.414 e. The third kappa shape index (κ3) is 13.4. The van der Waals surface area contributed by atoms with E-state index in [0.717, 1.165) is 126 Å². The highest BCUT2D eigenvalue weighted by atomic mass is 19.4. The maximum absolute atomic E-state index is 17.9. The second kappa shape index (κ2) is 24.6. The molecule has 0 aliphatic heterocycles. The van der Waals surface area contributed by atoms with Crippen molar-refractivity contribution < 1.29 is 58.1 Å². The van der Waals surface area contributed by atoms with Crippen LogP contribution in [0.5, 0.6) is 11.5 Å². The van der Waals surface area contributed by atoms with E-state index in [1.807, 2.05) is 24.3 Å². The first-order valence-corrected chi connectivity index (χ1v) is 27.0. The molecule has 2 unspecified atom stereocenters. The number of benzene rings is 6. The molecule has 0 aromatic heterocycles. The first-order valence-electron chi connectivity index (χ1n) is 27.0. The van der Waals surface area contributed by atoms with E-state index in [4.69, 9.17) is 14.2 Å². The standard InChI is InChI=1S/C64H68F10O3/c1-5-41-17-25-45(26-18-41)47-29-21-43(22-30-47)37-53-49(39-57(75-3)63(69,70)71)33-35-55(59(53)61(65,66)51-13-9-7-10-14-51)77-56-36-34-50(40-58(76-4)64(72,73)74)54(60(56)62(67,68)52-15-11-8-12-16-52)38-44-23-31-48(32-24-44)46-27-19-42(6-2)20-28-46/h7-16,21-24,29-36,41-42,45-46,57-58H,5-6,17-20,25-28,37-40H2,1-4H3. The predicted octanol–water partition coefficient (Wildman–Crippen LogP) is 18.5. The van der Waals surface area contributed by atoms with Crippen LogP contribution >= 0.6 is 0 Å². The third-order valence-corrected chi connectivity index (χ3v) is 16.5. The van der Waals surface area contributed by atoms with E-state index < -0.39 is 83.0 Å². The van der Waals surface area contributed by atoms with Crippen LogP contribution < -0.4 is 4.74 Å². The molecule has 13 heteroatoms. The molecule has 412 valence electrons. The van der Waals surface area contributed by atoms with E-state index in [-0.39, 0.29) is 46.9 Å². The summed E-state index contributed by atoms with van der Waals surface area (Å²) in [7, 11) is 1.76. The van der Waals surface area contributed by atoms with Crippen molar-refractivity contribution in [3.8, 4) is 11.5 Å². The summed E-state index contributed by atoms with van der Waals surface area (Å²) in [6.07, 6.45) is -6.55. The van der Waals surface area contributed by atoms with Crippen LogP contribution in [0.15, 0.2) is 133 Å². The van der Waals surface area contributed by atoms with Crippen LogP contribution in [-0.4, -0.2) is 38.8 Å². The number of methoxy groups -OCH3 is 2. The summed E-state index contributed by atoms with van der Waals surface area (Å²) in [5, 5.41) is 0. The van der Waals surface area contributed by atoms with E-state index in [1.165, 1.54) is 48.5 Å². The molecule has 6 aromatic rings. The van der Waals surface area contributed by atoms with Crippen LogP contribution in [-0.2, 0) is 47.0 Å². The van der Waals surface area contributed by atoms with Gasteiger partial charge in [-0.25, -0.2) is 0 Å². The van der Waals surface area contributed by atoms with Gasteiger partial charge in [-0.05, 0) is 145 Å². The van der Waals surface area contributed by atoms with Gasteiger partial charge in [-0.15, -0.1) is 0 Å². The highest BCUT2D eigenvalue weighted by Crippen LogP contribution is 2.51. The summed E-state index contributed by atoms with van der Waals surface area (Å²) in [6, 6.07) is 32.6. The zero-order chi connectivity index (χ0) is 55.1. The minimum Gasteiger partial charge on any atom is -0.456 e. The first kappa shape index (κ1) is 57.5. The first-order chi connectivity index (χ1) is 36.7. The van der Waals surface area contributed by atoms with Crippen LogP contribution in [0.4, 0.5) is 43.9 Å². The van der Waals surface area contributed by atoms with Crippen molar-refractivity contribution in [3.05, 3.63) is 200 Å². The van der Waals surface area contributed by atoms with Gasteiger partial charge in [-0.1, -0.05) is 148 Å². The van der Waals surface area contributed by atoms with E-state index in [1.54, 1.807) is 24.3 Å². The second-order valence-corrected chi connectivity index (χ2v) is 21.2. The molecule has 6 aromatic carbocycles. The lowest BCUT2D eigenvalue weighted by Crippen LogP contribution is -2.33. The van der Waals surface area contributed by atoms with Gasteiger partial charge in [0, 0.05) is 38.2 Å². The fourth-order valence-corrected chi connectivity index (χ4v) is 11.8. The van der Waals surface area contributed by atoms with Gasteiger partial charge in [0.15, 0.2) is 12.2 Å². The zero-order valence-electron chi connectivity index (χ0n) is 44.1. The summed E-state index contributed by atoms with van der Waals surface area (Å²) < 4.78 is 176. The minimum absolute atomic E-state index is 0.139. The molecule has 0 N–H and O–H groups in total. The third-order valence-electron chi connectivity index (χ3n) is 16.5. The van der Waals surface area contributed by atoms with Crippen molar-refractivity contribution in [1.29, 1.82) is 0 Å². The summed E-state index contributed by atoms with van der Waals surface area (Å²) in [5.41, 5.74) is -0.436. The second-order valence-electron chi connectivity index (χ2n) is 21.2. The molecule has 3 nitrogen and oxygen atoms in total. The zero-order valence-corrected chi connectivity index (χ0v) is 44.1. The highest BCUT2D eigenvalue weighted by molar-refractivity contribution is 5.58. The fraction of sp³-hybridized carbons (Fsp3) is 0.438. The van der Waals surface area contributed by atoms with Crippen LogP contribution in [0.2, 0.25) is 0 Å². The van der Waals surface area contributed by atoms with Crippen molar-refractivity contribution in [2.45, 2.75) is 152 Å². The molecule has 2 atom stereocenters. The summed E-state index contributed by atoms with van der Waals surface area (Å²) in [4.78, 5) is 0. The topological polar surface area (TPSA) is 27.7 Å². The van der Waals surface area contributed by atoms with E-state index in [2.05, 4.69) is 13.8 Å². The lowest BCUT2D eigenvalue weighted by Gasteiger charge is -2.30. The number of hydrogen-bond acceptors (Lipinski definition) is 3. The molecular formula is C64H68F10O3. The van der Waals surface area contributed by atoms with Gasteiger partial charge < -0.3 is 14.2 Å². The van der Waals surface area contributed by atoms with E-state index in [9.17, 15) is 26.3 Å². The minimum atomic E-state index is -4.90. The lowest BCUT2D eigenvalue weighted by atomic mass is 9.77. The number of ether oxygens (including phenoxy) is 3.